The second kappa shape index (κ2) is 6.27. The lowest BCUT2D eigenvalue weighted by Crippen LogP contribution is -2.35. The van der Waals surface area contributed by atoms with Gasteiger partial charge >= 0.3 is 6.18 Å². The van der Waals surface area contributed by atoms with Crippen LogP contribution in [-0.2, 0) is 4.79 Å². The highest BCUT2D eigenvalue weighted by Crippen LogP contribution is 2.18. The smallest absolute Gasteiger partial charge is 0.422 e. The van der Waals surface area contributed by atoms with Crippen molar-refractivity contribution in [3.8, 4) is 5.88 Å². The molecule has 2 heterocycles. The van der Waals surface area contributed by atoms with Gasteiger partial charge < -0.3 is 20.5 Å². The summed E-state index contributed by atoms with van der Waals surface area (Å²) >= 11 is 0. The van der Waals surface area contributed by atoms with Gasteiger partial charge in [0.25, 0.3) is 0 Å². The quantitative estimate of drug-likeness (QED) is 0.762. The molecule has 0 spiro atoms. The van der Waals surface area contributed by atoms with Crippen LogP contribution in [0.1, 0.15) is 6.42 Å². The van der Waals surface area contributed by atoms with Crippen molar-refractivity contribution in [1.82, 2.24) is 10.3 Å². The van der Waals surface area contributed by atoms with E-state index in [2.05, 4.69) is 20.4 Å². The van der Waals surface area contributed by atoms with Crippen molar-refractivity contribution >= 4 is 11.6 Å². The molecule has 2 rings (SSSR count). The number of rotatable bonds is 4. The first-order chi connectivity index (χ1) is 9.83. The Hall–Kier alpha value is -1.87. The summed E-state index contributed by atoms with van der Waals surface area (Å²) in [5.74, 6) is -0.517. The summed E-state index contributed by atoms with van der Waals surface area (Å²) < 4.78 is 40.3. The van der Waals surface area contributed by atoms with Crippen molar-refractivity contribution in [3.63, 3.8) is 0 Å². The fraction of sp³-hybridized carbons (Fsp3) is 0.500. The summed E-state index contributed by atoms with van der Waals surface area (Å²) in [6.07, 6.45) is -3.47. The van der Waals surface area contributed by atoms with Gasteiger partial charge in [-0.15, -0.1) is 0 Å². The molecule has 0 unspecified atom stereocenters. The van der Waals surface area contributed by atoms with Crippen LogP contribution in [0.25, 0.3) is 0 Å². The minimum atomic E-state index is -4.43. The second-order valence-electron chi connectivity index (χ2n) is 4.63. The molecule has 0 bridgehead atoms. The zero-order chi connectivity index (χ0) is 15.5. The Kier molecular flexibility index (Phi) is 4.63. The van der Waals surface area contributed by atoms with E-state index in [1.165, 1.54) is 18.3 Å². The van der Waals surface area contributed by atoms with E-state index in [-0.39, 0.29) is 11.8 Å². The third-order valence-corrected chi connectivity index (χ3v) is 2.81. The molecule has 1 fully saturated rings. The van der Waals surface area contributed by atoms with Crippen LogP contribution in [0.5, 0.6) is 5.88 Å². The zero-order valence-corrected chi connectivity index (χ0v) is 10.9. The van der Waals surface area contributed by atoms with Crippen molar-refractivity contribution < 1.29 is 27.8 Å². The van der Waals surface area contributed by atoms with Crippen molar-refractivity contribution in [2.75, 3.05) is 18.5 Å². The molecule has 1 amide bonds. The van der Waals surface area contributed by atoms with Crippen LogP contribution < -0.4 is 15.4 Å². The number of aliphatic hydroxyl groups excluding tert-OH is 1. The summed E-state index contributed by atoms with van der Waals surface area (Å²) in [5.41, 5.74) is 0.336. The average molecular weight is 305 g/mol. The topological polar surface area (TPSA) is 83.5 Å². The van der Waals surface area contributed by atoms with Crippen LogP contribution in [0.15, 0.2) is 18.3 Å². The molecule has 0 aromatic carbocycles. The van der Waals surface area contributed by atoms with Gasteiger partial charge in [0.05, 0.1) is 24.0 Å². The lowest BCUT2D eigenvalue weighted by Gasteiger charge is -2.11. The third-order valence-electron chi connectivity index (χ3n) is 2.81. The SMILES string of the molecule is O=C(Nc1ccc(OCC(F)(F)F)nc1)[C@H]1C[C@H](O)CN1. The average Bonchev–Trinajstić information content (AvgIpc) is 2.84. The van der Waals surface area contributed by atoms with Gasteiger partial charge in [0.2, 0.25) is 11.8 Å². The standard InChI is InChI=1S/C12H14F3N3O3/c13-12(14,15)6-21-10-2-1-7(4-17-10)18-11(20)9-3-8(19)5-16-9/h1-2,4,8-9,16,19H,3,5-6H2,(H,18,20)/t8-,9+/m0/s1. The lowest BCUT2D eigenvalue weighted by molar-refractivity contribution is -0.154. The maximum Gasteiger partial charge on any atom is 0.422 e. The number of halogens is 3. The summed E-state index contributed by atoms with van der Waals surface area (Å²) in [5, 5.41) is 14.7. The molecular formula is C12H14F3N3O3. The highest BCUT2D eigenvalue weighted by atomic mass is 19.4. The molecule has 0 saturated carbocycles. The largest absolute Gasteiger partial charge is 0.468 e. The van der Waals surface area contributed by atoms with Crippen LogP contribution in [-0.4, -0.2) is 47.5 Å². The van der Waals surface area contributed by atoms with Gasteiger partial charge in [-0.1, -0.05) is 0 Å². The van der Waals surface area contributed by atoms with Crippen molar-refractivity contribution in [1.29, 1.82) is 0 Å². The molecule has 21 heavy (non-hydrogen) atoms. The van der Waals surface area contributed by atoms with E-state index in [1.54, 1.807) is 0 Å². The Bertz CT molecular complexity index is 493. The van der Waals surface area contributed by atoms with Gasteiger partial charge in [-0.25, -0.2) is 4.98 Å². The summed E-state index contributed by atoms with van der Waals surface area (Å²) in [6, 6.07) is 2.13. The fourth-order valence-corrected chi connectivity index (χ4v) is 1.84. The summed E-state index contributed by atoms with van der Waals surface area (Å²) in [7, 11) is 0. The van der Waals surface area contributed by atoms with E-state index in [0.717, 1.165) is 0 Å². The van der Waals surface area contributed by atoms with E-state index in [1.807, 2.05) is 0 Å². The fourth-order valence-electron chi connectivity index (χ4n) is 1.84. The predicted octanol–water partition coefficient (Wildman–Crippen LogP) is 0.684. The van der Waals surface area contributed by atoms with Crippen molar-refractivity contribution in [2.24, 2.45) is 0 Å². The Morgan fingerprint density at radius 1 is 1.52 bits per heavy atom. The molecule has 9 heteroatoms. The minimum Gasteiger partial charge on any atom is -0.468 e. The van der Waals surface area contributed by atoms with E-state index in [4.69, 9.17) is 0 Å². The number of anilines is 1. The second-order valence-corrected chi connectivity index (χ2v) is 4.63. The molecule has 1 saturated heterocycles. The van der Waals surface area contributed by atoms with E-state index in [0.29, 0.717) is 18.7 Å². The maximum atomic E-state index is 12.0. The van der Waals surface area contributed by atoms with Gasteiger partial charge in [-0.2, -0.15) is 13.2 Å². The van der Waals surface area contributed by atoms with Gasteiger partial charge in [0, 0.05) is 12.6 Å². The van der Waals surface area contributed by atoms with Crippen molar-refractivity contribution in [2.45, 2.75) is 24.7 Å². The molecule has 0 radical (unpaired) electrons. The number of nitrogens with one attached hydrogen (secondary N) is 2. The van der Waals surface area contributed by atoms with E-state index < -0.39 is 24.9 Å². The monoisotopic (exact) mass is 305 g/mol. The highest BCUT2D eigenvalue weighted by molar-refractivity contribution is 5.94. The number of nitrogens with zero attached hydrogens (tertiary/aromatic N) is 1. The Balaban J connectivity index is 1.86. The predicted molar refractivity (Wildman–Crippen MR) is 66.8 cm³/mol. The number of amides is 1. The molecule has 1 aromatic rings. The van der Waals surface area contributed by atoms with Crippen LogP contribution >= 0.6 is 0 Å². The number of aliphatic hydroxyl groups is 1. The van der Waals surface area contributed by atoms with Gasteiger partial charge in [0.1, 0.15) is 0 Å². The van der Waals surface area contributed by atoms with Crippen LogP contribution in [0.3, 0.4) is 0 Å². The van der Waals surface area contributed by atoms with Gasteiger partial charge in [-0.05, 0) is 12.5 Å². The lowest BCUT2D eigenvalue weighted by atomic mass is 10.2. The number of pyridine rings is 1. The zero-order valence-electron chi connectivity index (χ0n) is 10.9. The molecule has 0 aliphatic carbocycles. The van der Waals surface area contributed by atoms with Crippen molar-refractivity contribution in [3.05, 3.63) is 18.3 Å². The van der Waals surface area contributed by atoms with Crippen LogP contribution in [0.4, 0.5) is 18.9 Å². The van der Waals surface area contributed by atoms with Crippen LogP contribution in [0.2, 0.25) is 0 Å². The number of hydrogen-bond donors (Lipinski definition) is 3. The Morgan fingerprint density at radius 2 is 2.29 bits per heavy atom. The number of carbonyl (C=O) groups is 1. The number of ether oxygens (including phenoxy) is 1. The number of alkyl halides is 3. The molecular weight excluding hydrogens is 291 g/mol. The van der Waals surface area contributed by atoms with Gasteiger partial charge in [-0.3, -0.25) is 4.79 Å². The first-order valence-electron chi connectivity index (χ1n) is 6.21. The summed E-state index contributed by atoms with van der Waals surface area (Å²) in [6.45, 7) is -1.07. The third kappa shape index (κ3) is 4.87. The number of hydrogen-bond acceptors (Lipinski definition) is 5. The molecule has 1 aliphatic heterocycles. The maximum absolute atomic E-state index is 12.0. The normalized spacial score (nSPS) is 22.1. The Labute approximate surface area is 118 Å². The highest BCUT2D eigenvalue weighted by Gasteiger charge is 2.29. The first kappa shape index (κ1) is 15.5. The Morgan fingerprint density at radius 3 is 2.81 bits per heavy atom. The molecule has 3 N–H and O–H groups in total. The minimum absolute atomic E-state index is 0.181. The molecule has 116 valence electrons. The summed E-state index contributed by atoms with van der Waals surface area (Å²) in [4.78, 5) is 15.5. The number of carbonyl (C=O) groups excluding carboxylic acids is 1. The first-order valence-corrected chi connectivity index (χ1v) is 6.21. The number of aromatic nitrogens is 1. The molecule has 2 atom stereocenters. The van der Waals surface area contributed by atoms with Crippen LogP contribution in [0, 0.1) is 0 Å². The van der Waals surface area contributed by atoms with E-state index >= 15 is 0 Å². The molecule has 1 aliphatic rings. The number of β-amino-alcohol motifs (C(OH)–C–C–N with tert-alkyl or cyclic N) is 1. The van der Waals surface area contributed by atoms with E-state index in [9.17, 15) is 23.1 Å². The molecule has 6 nitrogen and oxygen atoms in total. The molecule has 1 aromatic heterocycles. The van der Waals surface area contributed by atoms with Gasteiger partial charge in [0.15, 0.2) is 6.61 Å².